The van der Waals surface area contributed by atoms with Crippen molar-refractivity contribution in [2.45, 2.75) is 0 Å². The van der Waals surface area contributed by atoms with Crippen LogP contribution in [0, 0.1) is 5.41 Å². The summed E-state index contributed by atoms with van der Waals surface area (Å²) in [5, 5.41) is 31.3. The average molecular weight is 575 g/mol. The second-order valence-corrected chi connectivity index (χ2v) is 3.11. The third-order valence-corrected chi connectivity index (χ3v) is 1.87. The molecule has 0 unspecified atom stereocenters. The summed E-state index contributed by atoms with van der Waals surface area (Å²) in [5.41, 5.74) is -3.79. The van der Waals surface area contributed by atoms with E-state index >= 15 is 0 Å². The van der Waals surface area contributed by atoms with Crippen LogP contribution < -0.4 is 0 Å². The molecule has 4 N–H and O–H groups in total. The van der Waals surface area contributed by atoms with Gasteiger partial charge in [-0.3, -0.25) is 4.79 Å². The van der Waals surface area contributed by atoms with Crippen LogP contribution in [0.25, 0.3) is 0 Å². The van der Waals surface area contributed by atoms with Crippen molar-refractivity contribution < 1.29 is 143 Å². The minimum Gasteiger partial charge on any atom is -0.665 e. The zero-order chi connectivity index (χ0) is 21.9. The molecule has 18 heteroatoms. The van der Waals surface area contributed by atoms with Gasteiger partial charge in [0.15, 0.2) is 0 Å². The maximum Gasteiger partial charge on any atom is 0.355 e. The molecule has 29 heavy (non-hydrogen) atoms. The van der Waals surface area contributed by atoms with Gasteiger partial charge in [-0.25, -0.2) is 19.2 Å². The normalized spacial score (nSPS) is 8.00. The van der Waals surface area contributed by atoms with E-state index in [1.807, 2.05) is 0 Å². The van der Waals surface area contributed by atoms with Crippen molar-refractivity contribution in [2.75, 3.05) is 13.6 Å². The van der Waals surface area contributed by atoms with Crippen LogP contribution in [-0.4, -0.2) is 83.8 Å². The van der Waals surface area contributed by atoms with Crippen molar-refractivity contribution in [1.82, 2.24) is 0 Å². The molecule has 16 nitrogen and oxygen atoms in total. The van der Waals surface area contributed by atoms with Crippen molar-refractivity contribution in [3.8, 4) is 0 Å². The fraction of sp³-hybridized carbons (Fsp3) is 0.273. The first kappa shape index (κ1) is 37.7. The van der Waals surface area contributed by atoms with Gasteiger partial charge in [0.1, 0.15) is 0 Å². The van der Waals surface area contributed by atoms with Gasteiger partial charge in [-0.1, -0.05) is 19.4 Å². The molecule has 0 aromatic carbocycles. The van der Waals surface area contributed by atoms with Crippen LogP contribution in [0.2, 0.25) is 0 Å². The molecular formula is C11H9O16Y2-3. The largest absolute Gasteiger partial charge is 0.665 e. The van der Waals surface area contributed by atoms with E-state index in [0.29, 0.717) is 6.47 Å². The number of carbonyl (C=O) groups excluding carboxylic acids is 4. The van der Waals surface area contributed by atoms with Crippen molar-refractivity contribution in [2.24, 2.45) is 5.41 Å². The number of esters is 2. The number of rotatable bonds is 10. The molecule has 0 aliphatic heterocycles. The Morgan fingerprint density at radius 3 is 1.24 bits per heavy atom. The van der Waals surface area contributed by atoms with E-state index in [9.17, 15) is 28.8 Å². The summed E-state index contributed by atoms with van der Waals surface area (Å²) in [6.45, 7) is -0.512. The monoisotopic (exact) mass is 575 g/mol. The van der Waals surface area contributed by atoms with Gasteiger partial charge >= 0.3 is 29.3 Å². The molecule has 0 aromatic heterocycles. The average Bonchev–Trinajstić information content (AvgIpc) is 2.56. The van der Waals surface area contributed by atoms with E-state index in [0.717, 1.165) is 12.9 Å². The van der Waals surface area contributed by atoms with Crippen molar-refractivity contribution in [1.29, 1.82) is 0 Å². The first-order valence-corrected chi connectivity index (χ1v) is 5.56. The third kappa shape index (κ3) is 14.6. The Labute approximate surface area is 210 Å². The quantitative estimate of drug-likeness (QED) is 0.0495. The van der Waals surface area contributed by atoms with Crippen LogP contribution in [0.15, 0.2) is 0 Å². The van der Waals surface area contributed by atoms with E-state index in [-0.39, 0.29) is 71.9 Å². The Kier molecular flexibility index (Phi) is 31.2. The number of aliphatic hydroxyl groups excluding tert-OH is 1. The zero-order valence-corrected chi connectivity index (χ0v) is 19.5. The van der Waals surface area contributed by atoms with Gasteiger partial charge in [-0.05, 0) is 0 Å². The molecule has 0 saturated carbocycles. The summed E-state index contributed by atoms with van der Waals surface area (Å²) in [6, 6.07) is 0. The Balaban J connectivity index is -0.000000212. The molecule has 0 aromatic rings. The van der Waals surface area contributed by atoms with Crippen molar-refractivity contribution in [3.05, 3.63) is 0 Å². The number of hydrogen-bond acceptors (Lipinski definition) is 12. The van der Waals surface area contributed by atoms with Crippen molar-refractivity contribution in [3.63, 3.8) is 0 Å². The van der Waals surface area contributed by atoms with Gasteiger partial charge in [-0.15, -0.1) is 0 Å². The summed E-state index contributed by atoms with van der Waals surface area (Å²) >= 11 is 0. The molecule has 0 heterocycles. The van der Waals surface area contributed by atoms with Crippen LogP contribution in [0.1, 0.15) is 0 Å². The number of carbonyl (C=O) groups is 5. The molecule has 0 bridgehead atoms. The fourth-order valence-corrected chi connectivity index (χ4v) is 0.955. The van der Waals surface area contributed by atoms with Crippen LogP contribution in [0.4, 0.5) is 0 Å². The van der Waals surface area contributed by atoms with Crippen LogP contribution in [0.5, 0.6) is 0 Å². The molecule has 0 aliphatic carbocycles. The third-order valence-electron chi connectivity index (χ3n) is 1.87. The molecule has 0 atom stereocenters. The van der Waals surface area contributed by atoms with Gasteiger partial charge in [-0.2, -0.15) is 0 Å². The molecule has 0 fully saturated rings. The Morgan fingerprint density at radius 2 is 1.07 bits per heavy atom. The number of carboxylic acid groups (broad SMARTS) is 3. The summed E-state index contributed by atoms with van der Waals surface area (Å²) in [4.78, 5) is 80.9. The first-order valence-electron chi connectivity index (χ1n) is 5.56. The van der Waals surface area contributed by atoms with E-state index < -0.39 is 42.9 Å². The molecule has 0 saturated heterocycles. The minimum atomic E-state index is -3.79. The summed E-state index contributed by atoms with van der Waals surface area (Å²) in [6.07, 6.45) is 0. The number of carboxylic acids is 2. The number of ether oxygens (including phenoxy) is 4. The number of hydrogen-bond donors (Lipinski definition) is 4. The standard InChI is InChI=1S/C9H6O12.CH2O2.CHO2.2Y/c10-1-18-3-20-7(16)9(5(12)13,6(14)15)8(17)21-4-19-2-11;2*2-1-3;;/h3-4H2,(H,12,13)(H,14,15);1H,(H,2,3);(H,2,3);;/q-2;;-1;;. The Bertz CT molecular complexity index is 499. The molecule has 0 amide bonds. The van der Waals surface area contributed by atoms with Crippen LogP contribution in [0.3, 0.4) is 0 Å². The summed E-state index contributed by atoms with van der Waals surface area (Å²) < 4.78 is 15.5. The molecule has 0 aliphatic rings. The van der Waals surface area contributed by atoms with Gasteiger partial charge in [0.2, 0.25) is 13.6 Å². The predicted molar refractivity (Wildman–Crippen MR) is 70.2 cm³/mol. The summed E-state index contributed by atoms with van der Waals surface area (Å²) in [7, 11) is 0. The van der Waals surface area contributed by atoms with E-state index in [1.165, 1.54) is 0 Å². The van der Waals surface area contributed by atoms with E-state index in [2.05, 4.69) is 18.9 Å². The van der Waals surface area contributed by atoms with Crippen LogP contribution >= 0.6 is 0 Å². The second-order valence-electron chi connectivity index (χ2n) is 3.11. The zero-order valence-electron chi connectivity index (χ0n) is 13.8. The van der Waals surface area contributed by atoms with E-state index in [1.54, 1.807) is 0 Å². The fourth-order valence-electron chi connectivity index (χ4n) is 0.955. The molecule has 0 spiro atoms. The molecule has 2 radical (unpaired) electrons. The van der Waals surface area contributed by atoms with Gasteiger partial charge in [0.25, 0.3) is 6.47 Å². The Morgan fingerprint density at radius 1 is 0.828 bits per heavy atom. The molecule has 0 rings (SSSR count). The smallest absolute Gasteiger partial charge is 0.355 e. The van der Waals surface area contributed by atoms with Gasteiger partial charge in [0, 0.05) is 65.4 Å². The SMILES string of the molecule is O=CO.O=[C-]O.O=[C-]OCOC(=O)C(C(=O)O)(C(=O)O)C(=O)OCO[C-]=O.[Y].[Y]. The van der Waals surface area contributed by atoms with Gasteiger partial charge in [0.05, 0.1) is 0 Å². The van der Waals surface area contributed by atoms with Crippen LogP contribution in [-0.2, 0) is 123 Å². The number of aliphatic carboxylic acids is 2. The van der Waals surface area contributed by atoms with Gasteiger partial charge < -0.3 is 53.8 Å². The Hall–Kier alpha value is -2.03. The second kappa shape index (κ2) is 24.0. The topological polar surface area (TPSA) is 254 Å². The minimum absolute atomic E-state index is 0. The predicted octanol–water partition coefficient (Wildman–Crippen LogP) is -3.38. The summed E-state index contributed by atoms with van der Waals surface area (Å²) in [5.74, 6) is -9.07. The maximum atomic E-state index is 11.5. The maximum absolute atomic E-state index is 11.5. The molecular weight excluding hydrogens is 566 g/mol. The molecule has 158 valence electrons. The van der Waals surface area contributed by atoms with E-state index in [4.69, 9.17) is 30.0 Å². The van der Waals surface area contributed by atoms with Crippen molar-refractivity contribution >= 4 is 49.8 Å². The first-order chi connectivity index (χ1) is 12.7.